The second kappa shape index (κ2) is 4.71. The van der Waals surface area contributed by atoms with Crippen molar-refractivity contribution in [2.75, 3.05) is 11.5 Å². The van der Waals surface area contributed by atoms with Gasteiger partial charge < -0.3 is 11.5 Å². The summed E-state index contributed by atoms with van der Waals surface area (Å²) >= 11 is 1.73. The van der Waals surface area contributed by atoms with E-state index in [0.29, 0.717) is 0 Å². The SMILES string of the molecule is C[n+]1c(-c2cccs2)c2cc(N)ccc2c2ccc(N)cc21. The van der Waals surface area contributed by atoms with Gasteiger partial charge in [0, 0.05) is 22.8 Å². The molecule has 0 aliphatic rings. The maximum absolute atomic E-state index is 6.04. The van der Waals surface area contributed by atoms with Gasteiger partial charge in [-0.1, -0.05) is 12.1 Å². The molecule has 0 spiro atoms. The molecule has 0 fully saturated rings. The Hall–Kier alpha value is -2.59. The number of pyridine rings is 1. The van der Waals surface area contributed by atoms with E-state index in [4.69, 9.17) is 11.5 Å². The van der Waals surface area contributed by atoms with Crippen LogP contribution in [0.5, 0.6) is 0 Å². The molecule has 4 rings (SSSR count). The van der Waals surface area contributed by atoms with Gasteiger partial charge in [-0.3, -0.25) is 0 Å². The first-order chi connectivity index (χ1) is 10.6. The summed E-state index contributed by atoms with van der Waals surface area (Å²) in [7, 11) is 2.08. The van der Waals surface area contributed by atoms with E-state index in [9.17, 15) is 0 Å². The van der Waals surface area contributed by atoms with Crippen molar-refractivity contribution >= 4 is 44.4 Å². The number of anilines is 2. The van der Waals surface area contributed by atoms with Gasteiger partial charge in [-0.2, -0.15) is 4.57 Å². The van der Waals surface area contributed by atoms with Crippen LogP contribution in [-0.4, -0.2) is 0 Å². The lowest BCUT2D eigenvalue weighted by atomic mass is 10.0. The van der Waals surface area contributed by atoms with Gasteiger partial charge in [-0.05, 0) is 35.7 Å². The molecule has 0 atom stereocenters. The van der Waals surface area contributed by atoms with Crippen LogP contribution in [0.2, 0.25) is 0 Å². The predicted octanol–water partition coefficient (Wildman–Crippen LogP) is 3.71. The number of thiophene rings is 1. The van der Waals surface area contributed by atoms with E-state index in [0.717, 1.165) is 16.9 Å². The molecule has 0 saturated heterocycles. The fraction of sp³-hybridized carbons (Fsp3) is 0.0556. The third kappa shape index (κ3) is 1.84. The van der Waals surface area contributed by atoms with E-state index in [2.05, 4.69) is 47.3 Å². The summed E-state index contributed by atoms with van der Waals surface area (Å²) in [4.78, 5) is 1.22. The number of nitrogen functional groups attached to an aromatic ring is 2. The first kappa shape index (κ1) is 13.1. The zero-order valence-corrected chi connectivity index (χ0v) is 13.0. The van der Waals surface area contributed by atoms with E-state index in [1.54, 1.807) is 11.3 Å². The van der Waals surface area contributed by atoms with Gasteiger partial charge >= 0.3 is 0 Å². The molecule has 0 unspecified atom stereocenters. The van der Waals surface area contributed by atoms with Crippen LogP contribution in [0.25, 0.3) is 32.2 Å². The second-order valence-electron chi connectivity index (χ2n) is 5.47. The third-order valence-corrected chi connectivity index (χ3v) is 4.94. The van der Waals surface area contributed by atoms with Gasteiger partial charge in [-0.15, -0.1) is 11.3 Å². The Morgan fingerprint density at radius 2 is 1.59 bits per heavy atom. The van der Waals surface area contributed by atoms with Crippen LogP contribution in [-0.2, 0) is 7.05 Å². The molecule has 3 nitrogen and oxygen atoms in total. The minimum atomic E-state index is 0.773. The molecule has 22 heavy (non-hydrogen) atoms. The Bertz CT molecular complexity index is 1000. The van der Waals surface area contributed by atoms with E-state index < -0.39 is 0 Å². The lowest BCUT2D eigenvalue weighted by Gasteiger charge is -2.09. The highest BCUT2D eigenvalue weighted by Gasteiger charge is 2.21. The van der Waals surface area contributed by atoms with Gasteiger partial charge in [0.25, 0.3) is 0 Å². The summed E-state index contributed by atoms with van der Waals surface area (Å²) in [6.45, 7) is 0. The van der Waals surface area contributed by atoms with Crippen molar-refractivity contribution in [2.24, 2.45) is 7.05 Å². The lowest BCUT2D eigenvalue weighted by Crippen LogP contribution is -2.32. The van der Waals surface area contributed by atoms with Gasteiger partial charge in [0.1, 0.15) is 7.05 Å². The van der Waals surface area contributed by atoms with Crippen molar-refractivity contribution in [2.45, 2.75) is 0 Å². The van der Waals surface area contributed by atoms with Crippen LogP contribution < -0.4 is 16.0 Å². The molecular weight excluding hydrogens is 290 g/mol. The largest absolute Gasteiger partial charge is 0.399 e. The van der Waals surface area contributed by atoms with Crippen LogP contribution in [0.4, 0.5) is 11.4 Å². The first-order valence-electron chi connectivity index (χ1n) is 7.09. The first-order valence-corrected chi connectivity index (χ1v) is 7.97. The summed E-state index contributed by atoms with van der Waals surface area (Å²) in [5.41, 5.74) is 15.9. The molecule has 0 amide bonds. The van der Waals surface area contributed by atoms with Crippen LogP contribution in [0.1, 0.15) is 0 Å². The van der Waals surface area contributed by atoms with E-state index in [1.807, 2.05) is 18.2 Å². The standard InChI is InChI=1S/C18H15N3S/c1-21-16-10-12(20)5-7-14(16)13-6-4-11(19)9-15(13)18(21)17-3-2-8-22-17/h2-10,20H,19H2,1H3/p+1. The normalized spacial score (nSPS) is 11.3. The topological polar surface area (TPSA) is 55.9 Å². The van der Waals surface area contributed by atoms with Crippen molar-refractivity contribution < 1.29 is 4.57 Å². The number of hydrogen-bond acceptors (Lipinski definition) is 3. The zero-order chi connectivity index (χ0) is 15.3. The second-order valence-corrected chi connectivity index (χ2v) is 6.41. The van der Waals surface area contributed by atoms with Crippen LogP contribution in [0.15, 0.2) is 53.9 Å². The average Bonchev–Trinajstić information content (AvgIpc) is 3.01. The quantitative estimate of drug-likeness (QED) is 0.320. The van der Waals surface area contributed by atoms with Crippen LogP contribution >= 0.6 is 11.3 Å². The van der Waals surface area contributed by atoms with Crippen molar-refractivity contribution in [1.82, 2.24) is 0 Å². The van der Waals surface area contributed by atoms with Gasteiger partial charge in [0.15, 0.2) is 0 Å². The molecule has 0 radical (unpaired) electrons. The number of nitrogens with zero attached hydrogens (tertiary/aromatic N) is 1. The molecule has 2 aromatic heterocycles. The highest BCUT2D eigenvalue weighted by molar-refractivity contribution is 7.13. The van der Waals surface area contributed by atoms with Crippen molar-refractivity contribution in [3.05, 3.63) is 53.9 Å². The Labute approximate surface area is 132 Å². The fourth-order valence-electron chi connectivity index (χ4n) is 3.06. The zero-order valence-electron chi connectivity index (χ0n) is 12.2. The third-order valence-electron chi connectivity index (χ3n) is 4.06. The highest BCUT2D eigenvalue weighted by Crippen LogP contribution is 2.34. The summed E-state index contributed by atoms with van der Waals surface area (Å²) in [5.74, 6) is 0. The monoisotopic (exact) mass is 306 g/mol. The molecule has 108 valence electrons. The number of aryl methyl sites for hydroxylation is 1. The summed E-state index contributed by atoms with van der Waals surface area (Å²) in [6.07, 6.45) is 0. The number of nitrogens with two attached hydrogens (primary N) is 2. The van der Waals surface area contributed by atoms with E-state index in [1.165, 1.54) is 26.7 Å². The maximum Gasteiger partial charge on any atom is 0.230 e. The van der Waals surface area contributed by atoms with Gasteiger partial charge in [0.05, 0.1) is 15.6 Å². The summed E-state index contributed by atoms with van der Waals surface area (Å²) in [6, 6.07) is 16.4. The Kier molecular flexibility index (Phi) is 2.81. The van der Waals surface area contributed by atoms with Crippen molar-refractivity contribution in [3.63, 3.8) is 0 Å². The molecule has 0 aliphatic carbocycles. The van der Waals surface area contributed by atoms with Crippen LogP contribution in [0.3, 0.4) is 0 Å². The minimum Gasteiger partial charge on any atom is -0.399 e. The number of aromatic nitrogens is 1. The molecule has 4 aromatic rings. The van der Waals surface area contributed by atoms with E-state index in [-0.39, 0.29) is 0 Å². The number of fused-ring (bicyclic) bond motifs is 3. The Balaban J connectivity index is 2.28. The smallest absolute Gasteiger partial charge is 0.230 e. The molecular formula is C18H16N3S+. The van der Waals surface area contributed by atoms with E-state index >= 15 is 0 Å². The molecule has 2 heterocycles. The molecule has 0 saturated carbocycles. The predicted molar refractivity (Wildman–Crippen MR) is 94.8 cm³/mol. The lowest BCUT2D eigenvalue weighted by molar-refractivity contribution is -0.632. The molecule has 4 heteroatoms. The maximum atomic E-state index is 6.04. The summed E-state index contributed by atoms with van der Waals surface area (Å²) < 4.78 is 2.21. The number of hydrogen-bond donors (Lipinski definition) is 2. The molecule has 4 N–H and O–H groups in total. The molecule has 2 aromatic carbocycles. The summed E-state index contributed by atoms with van der Waals surface area (Å²) in [5, 5.41) is 5.65. The fourth-order valence-corrected chi connectivity index (χ4v) is 3.88. The van der Waals surface area contributed by atoms with Crippen LogP contribution in [0, 0.1) is 0 Å². The van der Waals surface area contributed by atoms with Gasteiger partial charge in [0.2, 0.25) is 11.2 Å². The van der Waals surface area contributed by atoms with Gasteiger partial charge in [-0.25, -0.2) is 0 Å². The number of rotatable bonds is 1. The average molecular weight is 306 g/mol. The highest BCUT2D eigenvalue weighted by atomic mass is 32.1. The molecule has 0 bridgehead atoms. The number of benzene rings is 2. The minimum absolute atomic E-state index is 0.773. The Morgan fingerprint density at radius 3 is 2.32 bits per heavy atom. The van der Waals surface area contributed by atoms with Crippen molar-refractivity contribution in [3.8, 4) is 10.6 Å². The molecule has 0 aliphatic heterocycles. The Morgan fingerprint density at radius 1 is 0.864 bits per heavy atom. The van der Waals surface area contributed by atoms with Crippen molar-refractivity contribution in [1.29, 1.82) is 0 Å².